The standard InChI is InChI=1S/C12H9BrClN3O/c13-7-4-5-10(8(14)6-7)18-11-3-1-2-9(17-11)12(15)16/h1-6H,(H3,15,16). The maximum atomic E-state index is 7.31. The second-order valence-corrected chi connectivity index (χ2v) is 4.77. The lowest BCUT2D eigenvalue weighted by molar-refractivity contribution is 0.462. The number of nitrogen functional groups attached to an aromatic ring is 1. The third-order valence-electron chi connectivity index (χ3n) is 2.11. The van der Waals surface area contributed by atoms with E-state index in [1.54, 1.807) is 30.3 Å². The van der Waals surface area contributed by atoms with Crippen LogP contribution in [0.2, 0.25) is 5.02 Å². The number of nitrogens with zero attached hydrogens (tertiary/aromatic N) is 1. The summed E-state index contributed by atoms with van der Waals surface area (Å²) in [5, 5.41) is 7.78. The van der Waals surface area contributed by atoms with Crippen LogP contribution in [0.15, 0.2) is 40.9 Å². The molecule has 0 aliphatic rings. The molecule has 6 heteroatoms. The number of rotatable bonds is 3. The normalized spacial score (nSPS) is 10.1. The predicted molar refractivity (Wildman–Crippen MR) is 74.5 cm³/mol. The highest BCUT2D eigenvalue weighted by Crippen LogP contribution is 2.30. The van der Waals surface area contributed by atoms with Crippen molar-refractivity contribution < 1.29 is 4.74 Å². The van der Waals surface area contributed by atoms with E-state index >= 15 is 0 Å². The molecular weight excluding hydrogens is 318 g/mol. The molecule has 1 aromatic carbocycles. The largest absolute Gasteiger partial charge is 0.437 e. The molecule has 2 aromatic rings. The van der Waals surface area contributed by atoms with Gasteiger partial charge in [0.2, 0.25) is 5.88 Å². The molecule has 0 fully saturated rings. The van der Waals surface area contributed by atoms with Crippen molar-refractivity contribution in [2.75, 3.05) is 0 Å². The van der Waals surface area contributed by atoms with E-state index in [2.05, 4.69) is 20.9 Å². The van der Waals surface area contributed by atoms with Crippen molar-refractivity contribution in [3.05, 3.63) is 51.6 Å². The monoisotopic (exact) mass is 325 g/mol. The Balaban J connectivity index is 2.28. The SMILES string of the molecule is N=C(N)c1cccc(Oc2ccc(Br)cc2Cl)n1. The molecule has 0 saturated carbocycles. The topological polar surface area (TPSA) is 72.0 Å². The van der Waals surface area contributed by atoms with Crippen LogP contribution in [0.1, 0.15) is 5.69 Å². The van der Waals surface area contributed by atoms with Gasteiger partial charge in [0.25, 0.3) is 0 Å². The van der Waals surface area contributed by atoms with E-state index < -0.39 is 0 Å². The Kier molecular flexibility index (Phi) is 3.84. The molecular formula is C12H9BrClN3O. The van der Waals surface area contributed by atoms with Crippen LogP contribution >= 0.6 is 27.5 Å². The summed E-state index contributed by atoms with van der Waals surface area (Å²) in [6, 6.07) is 10.3. The molecule has 1 aromatic heterocycles. The molecule has 1 heterocycles. The number of pyridine rings is 1. The summed E-state index contributed by atoms with van der Waals surface area (Å²) in [6.07, 6.45) is 0. The summed E-state index contributed by atoms with van der Waals surface area (Å²) in [4.78, 5) is 4.09. The van der Waals surface area contributed by atoms with Crippen molar-refractivity contribution in [1.29, 1.82) is 5.41 Å². The van der Waals surface area contributed by atoms with Crippen molar-refractivity contribution >= 4 is 33.4 Å². The smallest absolute Gasteiger partial charge is 0.219 e. The number of ether oxygens (including phenoxy) is 1. The fraction of sp³-hybridized carbons (Fsp3) is 0. The number of aromatic nitrogens is 1. The van der Waals surface area contributed by atoms with Crippen LogP contribution < -0.4 is 10.5 Å². The molecule has 2 rings (SSSR count). The predicted octanol–water partition coefficient (Wildman–Crippen LogP) is 3.57. The zero-order valence-electron chi connectivity index (χ0n) is 9.15. The number of nitrogens with one attached hydrogen (secondary N) is 1. The molecule has 0 aliphatic heterocycles. The number of halogens is 2. The van der Waals surface area contributed by atoms with Gasteiger partial charge in [0.1, 0.15) is 17.3 Å². The summed E-state index contributed by atoms with van der Waals surface area (Å²) in [7, 11) is 0. The van der Waals surface area contributed by atoms with Gasteiger partial charge in [0.05, 0.1) is 5.02 Å². The van der Waals surface area contributed by atoms with Gasteiger partial charge in [-0.05, 0) is 24.3 Å². The molecule has 0 unspecified atom stereocenters. The fourth-order valence-electron chi connectivity index (χ4n) is 1.29. The third kappa shape index (κ3) is 3.00. The average molecular weight is 327 g/mol. The van der Waals surface area contributed by atoms with E-state index in [-0.39, 0.29) is 5.84 Å². The minimum absolute atomic E-state index is 0.109. The number of nitrogens with two attached hydrogens (primary N) is 1. The van der Waals surface area contributed by atoms with Gasteiger partial charge in [0, 0.05) is 10.5 Å². The zero-order chi connectivity index (χ0) is 13.1. The number of hydrogen-bond donors (Lipinski definition) is 2. The molecule has 0 atom stereocenters. The van der Waals surface area contributed by atoms with E-state index in [9.17, 15) is 0 Å². The molecule has 92 valence electrons. The van der Waals surface area contributed by atoms with Gasteiger partial charge >= 0.3 is 0 Å². The highest BCUT2D eigenvalue weighted by Gasteiger charge is 2.06. The van der Waals surface area contributed by atoms with Crippen LogP contribution in [0.4, 0.5) is 0 Å². The highest BCUT2D eigenvalue weighted by atomic mass is 79.9. The van der Waals surface area contributed by atoms with Crippen LogP contribution in [0.5, 0.6) is 11.6 Å². The minimum atomic E-state index is -0.109. The molecule has 0 bridgehead atoms. The van der Waals surface area contributed by atoms with E-state index in [0.29, 0.717) is 22.3 Å². The first-order valence-electron chi connectivity index (χ1n) is 5.00. The Morgan fingerprint density at radius 3 is 2.78 bits per heavy atom. The molecule has 0 aliphatic carbocycles. The Bertz CT molecular complexity index is 604. The molecule has 0 spiro atoms. The summed E-state index contributed by atoms with van der Waals surface area (Å²) in [6.45, 7) is 0. The van der Waals surface area contributed by atoms with Crippen LogP contribution in [-0.2, 0) is 0 Å². The van der Waals surface area contributed by atoms with Crippen LogP contribution in [-0.4, -0.2) is 10.8 Å². The van der Waals surface area contributed by atoms with Crippen LogP contribution in [0.3, 0.4) is 0 Å². The van der Waals surface area contributed by atoms with Crippen LogP contribution in [0.25, 0.3) is 0 Å². The summed E-state index contributed by atoms with van der Waals surface area (Å²) in [5.74, 6) is 0.724. The maximum absolute atomic E-state index is 7.31. The second-order valence-electron chi connectivity index (χ2n) is 3.45. The van der Waals surface area contributed by atoms with Gasteiger partial charge in [-0.15, -0.1) is 0 Å². The van der Waals surface area contributed by atoms with Gasteiger partial charge in [-0.3, -0.25) is 5.41 Å². The quantitative estimate of drug-likeness (QED) is 0.669. The first kappa shape index (κ1) is 12.9. The summed E-state index contributed by atoms with van der Waals surface area (Å²) >= 11 is 9.34. The lowest BCUT2D eigenvalue weighted by Crippen LogP contribution is -2.13. The van der Waals surface area contributed by atoms with E-state index in [0.717, 1.165) is 4.47 Å². The van der Waals surface area contributed by atoms with E-state index in [1.807, 2.05) is 6.07 Å². The summed E-state index contributed by atoms with van der Waals surface area (Å²) < 4.78 is 6.40. The summed E-state index contributed by atoms with van der Waals surface area (Å²) in [5.41, 5.74) is 5.72. The maximum Gasteiger partial charge on any atom is 0.219 e. The fourth-order valence-corrected chi connectivity index (χ4v) is 2.00. The molecule has 0 radical (unpaired) electrons. The van der Waals surface area contributed by atoms with Gasteiger partial charge in [-0.2, -0.15) is 0 Å². The van der Waals surface area contributed by atoms with Crippen molar-refractivity contribution in [2.45, 2.75) is 0 Å². The van der Waals surface area contributed by atoms with E-state index in [4.69, 9.17) is 27.5 Å². The Labute approximate surface area is 117 Å². The average Bonchev–Trinajstić information content (AvgIpc) is 2.33. The third-order valence-corrected chi connectivity index (χ3v) is 2.90. The Hall–Kier alpha value is -1.59. The first-order chi connectivity index (χ1) is 8.56. The molecule has 0 amide bonds. The van der Waals surface area contributed by atoms with Crippen molar-refractivity contribution in [1.82, 2.24) is 4.98 Å². The Morgan fingerprint density at radius 2 is 2.11 bits per heavy atom. The molecule has 18 heavy (non-hydrogen) atoms. The van der Waals surface area contributed by atoms with Gasteiger partial charge in [-0.25, -0.2) is 4.98 Å². The van der Waals surface area contributed by atoms with Gasteiger partial charge in [-0.1, -0.05) is 33.6 Å². The first-order valence-corrected chi connectivity index (χ1v) is 6.18. The van der Waals surface area contributed by atoms with Crippen molar-refractivity contribution in [3.8, 4) is 11.6 Å². The molecule has 0 saturated heterocycles. The Morgan fingerprint density at radius 1 is 1.33 bits per heavy atom. The minimum Gasteiger partial charge on any atom is -0.437 e. The second kappa shape index (κ2) is 5.37. The lowest BCUT2D eigenvalue weighted by atomic mass is 10.3. The van der Waals surface area contributed by atoms with Crippen LogP contribution in [0, 0.1) is 5.41 Å². The lowest BCUT2D eigenvalue weighted by Gasteiger charge is -2.07. The highest BCUT2D eigenvalue weighted by molar-refractivity contribution is 9.10. The molecule has 3 N–H and O–H groups in total. The van der Waals surface area contributed by atoms with E-state index in [1.165, 1.54) is 0 Å². The number of hydrogen-bond acceptors (Lipinski definition) is 3. The number of amidine groups is 1. The van der Waals surface area contributed by atoms with Crippen molar-refractivity contribution in [2.24, 2.45) is 5.73 Å². The van der Waals surface area contributed by atoms with Gasteiger partial charge < -0.3 is 10.5 Å². The van der Waals surface area contributed by atoms with Gasteiger partial charge in [0.15, 0.2) is 0 Å². The zero-order valence-corrected chi connectivity index (χ0v) is 11.5. The molecule has 4 nitrogen and oxygen atoms in total. The number of benzene rings is 1. The van der Waals surface area contributed by atoms with Crippen molar-refractivity contribution in [3.63, 3.8) is 0 Å².